The molecule has 2 aliphatic heterocycles. The number of rotatable bonds is 5. The van der Waals surface area contributed by atoms with Crippen LogP contribution < -0.4 is 15.0 Å². The van der Waals surface area contributed by atoms with Crippen molar-refractivity contribution < 1.29 is 18.7 Å². The van der Waals surface area contributed by atoms with Gasteiger partial charge in [0.05, 0.1) is 16.4 Å². The largest absolute Gasteiger partial charge is 0.491 e. The Labute approximate surface area is 189 Å². The van der Waals surface area contributed by atoms with Gasteiger partial charge in [0.2, 0.25) is 12.0 Å². The fourth-order valence-corrected chi connectivity index (χ4v) is 4.59. The van der Waals surface area contributed by atoms with E-state index in [0.29, 0.717) is 53.7 Å². The first kappa shape index (κ1) is 21.6. The van der Waals surface area contributed by atoms with Gasteiger partial charge >= 0.3 is 0 Å². The van der Waals surface area contributed by atoms with Crippen molar-refractivity contribution in [2.24, 2.45) is 4.99 Å². The standard InChI is InChI=1S/C22H20Cl2FN3O3/c23-14-1-4-18(16(24)11-14)28-9-7-22(8-10-28,26-13-29)12-31-19-5-3-17(25)21-15(19)2-6-20(30)27-21/h1,3-5,11H,2,6-10,12H2,(H,27,30). The lowest BCUT2D eigenvalue weighted by Gasteiger charge is -2.39. The second-order valence-corrected chi connectivity index (χ2v) is 8.59. The van der Waals surface area contributed by atoms with Crippen LogP contribution in [0, 0.1) is 5.82 Å². The minimum Gasteiger partial charge on any atom is -0.491 e. The predicted octanol–water partition coefficient (Wildman–Crippen LogP) is 4.77. The van der Waals surface area contributed by atoms with Gasteiger partial charge in [-0.3, -0.25) is 4.79 Å². The number of amides is 1. The SMILES string of the molecule is O=C=NC1(COc2ccc(F)c3c2CCC(=O)N3)CCN(c2ccc(Cl)cc2Cl)CC1. The molecular weight excluding hydrogens is 444 g/mol. The number of piperidine rings is 1. The number of hydrogen-bond acceptors (Lipinski definition) is 5. The molecule has 2 heterocycles. The van der Waals surface area contributed by atoms with Gasteiger partial charge in [0.1, 0.15) is 23.7 Å². The van der Waals surface area contributed by atoms with Gasteiger partial charge in [-0.25, -0.2) is 9.18 Å². The molecule has 0 unspecified atom stereocenters. The highest BCUT2D eigenvalue weighted by atomic mass is 35.5. The van der Waals surface area contributed by atoms with E-state index in [1.807, 2.05) is 6.07 Å². The molecule has 1 N–H and O–H groups in total. The summed E-state index contributed by atoms with van der Waals surface area (Å²) in [6.45, 7) is 1.39. The molecule has 0 radical (unpaired) electrons. The summed E-state index contributed by atoms with van der Waals surface area (Å²) in [7, 11) is 0. The molecule has 9 heteroatoms. The fraction of sp³-hybridized carbons (Fsp3) is 0.364. The second-order valence-electron chi connectivity index (χ2n) is 7.75. The zero-order valence-corrected chi connectivity index (χ0v) is 18.1. The Morgan fingerprint density at radius 3 is 2.68 bits per heavy atom. The molecule has 1 fully saturated rings. The molecule has 31 heavy (non-hydrogen) atoms. The highest BCUT2D eigenvalue weighted by Crippen LogP contribution is 2.37. The van der Waals surface area contributed by atoms with Gasteiger partial charge in [0.25, 0.3) is 0 Å². The number of aliphatic imine (C=N–C) groups is 1. The molecule has 0 aromatic heterocycles. The third-order valence-corrected chi connectivity index (χ3v) is 6.35. The van der Waals surface area contributed by atoms with Crippen LogP contribution in [0.3, 0.4) is 0 Å². The topological polar surface area (TPSA) is 71.0 Å². The van der Waals surface area contributed by atoms with E-state index < -0.39 is 11.4 Å². The first-order chi connectivity index (χ1) is 14.9. The summed E-state index contributed by atoms with van der Waals surface area (Å²) >= 11 is 12.3. The van der Waals surface area contributed by atoms with Crippen LogP contribution in [-0.4, -0.2) is 37.2 Å². The van der Waals surface area contributed by atoms with Gasteiger partial charge in [-0.05, 0) is 49.6 Å². The maximum Gasteiger partial charge on any atom is 0.235 e. The highest BCUT2D eigenvalue weighted by molar-refractivity contribution is 6.36. The molecule has 0 aliphatic carbocycles. The van der Waals surface area contributed by atoms with E-state index in [1.165, 1.54) is 6.07 Å². The number of nitrogens with one attached hydrogen (secondary N) is 1. The summed E-state index contributed by atoms with van der Waals surface area (Å²) in [4.78, 5) is 29.0. The summed E-state index contributed by atoms with van der Waals surface area (Å²) in [5.41, 5.74) is 0.916. The zero-order valence-electron chi connectivity index (χ0n) is 16.6. The van der Waals surface area contributed by atoms with Crippen molar-refractivity contribution >= 4 is 46.6 Å². The predicted molar refractivity (Wildman–Crippen MR) is 118 cm³/mol. The summed E-state index contributed by atoms with van der Waals surface area (Å²) < 4.78 is 20.1. The van der Waals surface area contributed by atoms with Crippen LogP contribution in [0.15, 0.2) is 35.3 Å². The van der Waals surface area contributed by atoms with Crippen LogP contribution in [0.4, 0.5) is 15.8 Å². The molecular formula is C22H20Cl2FN3O3. The molecule has 4 rings (SSSR count). The Morgan fingerprint density at radius 2 is 1.97 bits per heavy atom. The normalized spacial score (nSPS) is 17.4. The lowest BCUT2D eigenvalue weighted by atomic mass is 9.88. The lowest BCUT2D eigenvalue weighted by Crippen LogP contribution is -2.47. The number of fused-ring (bicyclic) bond motifs is 1. The van der Waals surface area contributed by atoms with Crippen LogP contribution in [0.2, 0.25) is 10.0 Å². The number of isocyanates is 1. The van der Waals surface area contributed by atoms with Gasteiger partial charge in [-0.15, -0.1) is 0 Å². The summed E-state index contributed by atoms with van der Waals surface area (Å²) in [5.74, 6) is -0.233. The van der Waals surface area contributed by atoms with Crippen molar-refractivity contribution in [2.45, 2.75) is 31.2 Å². The quantitative estimate of drug-likeness (QED) is 0.511. The van der Waals surface area contributed by atoms with Crippen LogP contribution in [0.1, 0.15) is 24.8 Å². The first-order valence-corrected chi connectivity index (χ1v) is 10.7. The Kier molecular flexibility index (Phi) is 6.19. The average Bonchev–Trinajstić information content (AvgIpc) is 2.75. The third-order valence-electron chi connectivity index (χ3n) is 5.81. The molecule has 2 aromatic rings. The van der Waals surface area contributed by atoms with Crippen LogP contribution >= 0.6 is 23.2 Å². The molecule has 1 saturated heterocycles. The number of carbonyl (C=O) groups excluding carboxylic acids is 2. The van der Waals surface area contributed by atoms with Crippen LogP contribution in [-0.2, 0) is 16.0 Å². The third kappa shape index (κ3) is 4.54. The van der Waals surface area contributed by atoms with Crippen molar-refractivity contribution in [3.63, 3.8) is 0 Å². The Bertz CT molecular complexity index is 1060. The van der Waals surface area contributed by atoms with Crippen molar-refractivity contribution in [3.05, 3.63) is 51.8 Å². The lowest BCUT2D eigenvalue weighted by molar-refractivity contribution is -0.116. The molecule has 0 bridgehead atoms. The Hall–Kier alpha value is -2.60. The molecule has 0 saturated carbocycles. The van der Waals surface area contributed by atoms with E-state index in [0.717, 1.165) is 5.69 Å². The molecule has 1 amide bonds. The smallest absolute Gasteiger partial charge is 0.235 e. The minimum absolute atomic E-state index is 0.149. The zero-order chi connectivity index (χ0) is 22.0. The molecule has 2 aromatic carbocycles. The number of carbonyl (C=O) groups is 1. The fourth-order valence-electron chi connectivity index (χ4n) is 4.06. The van der Waals surface area contributed by atoms with Crippen LogP contribution in [0.5, 0.6) is 5.75 Å². The molecule has 162 valence electrons. The van der Waals surface area contributed by atoms with Gasteiger partial charge in [0.15, 0.2) is 0 Å². The number of anilines is 2. The van der Waals surface area contributed by atoms with Gasteiger partial charge in [-0.2, -0.15) is 4.99 Å². The number of hydrogen-bond donors (Lipinski definition) is 1. The van der Waals surface area contributed by atoms with E-state index in [2.05, 4.69) is 15.2 Å². The monoisotopic (exact) mass is 463 g/mol. The van der Waals surface area contributed by atoms with E-state index in [4.69, 9.17) is 27.9 Å². The van der Waals surface area contributed by atoms with E-state index in [9.17, 15) is 14.0 Å². The van der Waals surface area contributed by atoms with Gasteiger partial charge < -0.3 is 15.0 Å². The highest BCUT2D eigenvalue weighted by Gasteiger charge is 2.36. The Morgan fingerprint density at radius 1 is 1.19 bits per heavy atom. The van der Waals surface area contributed by atoms with Crippen molar-refractivity contribution in [1.82, 2.24) is 0 Å². The van der Waals surface area contributed by atoms with E-state index in [1.54, 1.807) is 24.3 Å². The number of ether oxygens (including phenoxy) is 1. The number of benzene rings is 2. The van der Waals surface area contributed by atoms with Gasteiger partial charge in [-0.1, -0.05) is 23.2 Å². The van der Waals surface area contributed by atoms with Gasteiger partial charge in [0, 0.05) is 30.1 Å². The van der Waals surface area contributed by atoms with Crippen molar-refractivity contribution in [3.8, 4) is 5.75 Å². The molecule has 2 aliphatic rings. The number of nitrogens with zero attached hydrogens (tertiary/aromatic N) is 2. The van der Waals surface area contributed by atoms with E-state index >= 15 is 0 Å². The Balaban J connectivity index is 1.49. The molecule has 0 atom stereocenters. The average molecular weight is 464 g/mol. The summed E-state index contributed by atoms with van der Waals surface area (Å²) in [6, 6.07) is 8.17. The maximum absolute atomic E-state index is 14.1. The second kappa shape index (κ2) is 8.87. The van der Waals surface area contributed by atoms with Crippen LogP contribution in [0.25, 0.3) is 0 Å². The number of halogens is 3. The molecule has 0 spiro atoms. The maximum atomic E-state index is 14.1. The molecule has 6 nitrogen and oxygen atoms in total. The minimum atomic E-state index is -0.740. The summed E-state index contributed by atoms with van der Waals surface area (Å²) in [5, 5.41) is 3.70. The summed E-state index contributed by atoms with van der Waals surface area (Å²) in [6.07, 6.45) is 3.45. The first-order valence-electron chi connectivity index (χ1n) is 9.94. The van der Waals surface area contributed by atoms with Crippen molar-refractivity contribution in [2.75, 3.05) is 29.9 Å². The van der Waals surface area contributed by atoms with E-state index in [-0.39, 0.29) is 24.6 Å². The van der Waals surface area contributed by atoms with Crippen molar-refractivity contribution in [1.29, 1.82) is 0 Å².